The second kappa shape index (κ2) is 3.55. The van der Waals surface area contributed by atoms with Gasteiger partial charge in [0.25, 0.3) is 0 Å². The molecule has 2 aromatic rings. The van der Waals surface area contributed by atoms with Crippen molar-refractivity contribution in [3.63, 3.8) is 0 Å². The molecule has 84 valence electrons. The number of aromatic nitrogens is 1. The second-order valence-electron chi connectivity index (χ2n) is 3.11. The van der Waals surface area contributed by atoms with Crippen LogP contribution in [-0.2, 0) is 4.74 Å². The van der Waals surface area contributed by atoms with E-state index in [9.17, 15) is 18.0 Å². The van der Waals surface area contributed by atoms with Crippen molar-refractivity contribution in [1.29, 1.82) is 0 Å². The van der Waals surface area contributed by atoms with Gasteiger partial charge in [0.1, 0.15) is 5.69 Å². The molecule has 0 unspecified atom stereocenters. The van der Waals surface area contributed by atoms with Crippen molar-refractivity contribution >= 4 is 16.9 Å². The van der Waals surface area contributed by atoms with Gasteiger partial charge in [0.05, 0.1) is 0 Å². The molecule has 1 heterocycles. The molecule has 0 amide bonds. The molecule has 0 bridgehead atoms. The lowest BCUT2D eigenvalue weighted by Crippen LogP contribution is -2.19. The van der Waals surface area contributed by atoms with Gasteiger partial charge < -0.3 is 9.72 Å². The molecule has 0 saturated carbocycles. The fourth-order valence-electron chi connectivity index (χ4n) is 1.34. The summed E-state index contributed by atoms with van der Waals surface area (Å²) in [5.41, 5.74) is 0.357. The lowest BCUT2D eigenvalue weighted by Gasteiger charge is -2.04. The van der Waals surface area contributed by atoms with Crippen LogP contribution in [0.3, 0.4) is 0 Å². The van der Waals surface area contributed by atoms with Gasteiger partial charge in [-0.3, -0.25) is 0 Å². The molecule has 1 aromatic carbocycles. The van der Waals surface area contributed by atoms with Crippen LogP contribution in [0.5, 0.6) is 0 Å². The van der Waals surface area contributed by atoms with Gasteiger partial charge in [-0.05, 0) is 12.1 Å². The first-order valence-electron chi connectivity index (χ1n) is 4.33. The molecule has 0 saturated heterocycles. The molecule has 3 nitrogen and oxygen atoms in total. The minimum Gasteiger partial charge on any atom is -0.368 e. The number of hydrogen-bond acceptors (Lipinski definition) is 2. The normalized spacial score (nSPS) is 11.7. The van der Waals surface area contributed by atoms with Crippen molar-refractivity contribution in [3.05, 3.63) is 36.0 Å². The number of benzene rings is 1. The third-order valence-electron chi connectivity index (χ3n) is 1.96. The van der Waals surface area contributed by atoms with Crippen LogP contribution in [-0.4, -0.2) is 17.3 Å². The van der Waals surface area contributed by atoms with Crippen molar-refractivity contribution in [2.45, 2.75) is 6.36 Å². The Kier molecular flexibility index (Phi) is 2.34. The first-order chi connectivity index (χ1) is 7.46. The van der Waals surface area contributed by atoms with Crippen LogP contribution in [0.4, 0.5) is 13.2 Å². The van der Waals surface area contributed by atoms with Crippen LogP contribution in [0.1, 0.15) is 10.5 Å². The first kappa shape index (κ1) is 10.5. The van der Waals surface area contributed by atoms with Crippen LogP contribution in [0.2, 0.25) is 0 Å². The average Bonchev–Trinajstić information content (AvgIpc) is 2.58. The van der Waals surface area contributed by atoms with E-state index in [1.165, 1.54) is 6.07 Å². The van der Waals surface area contributed by atoms with Gasteiger partial charge in [-0.1, -0.05) is 18.2 Å². The molecule has 6 heteroatoms. The summed E-state index contributed by atoms with van der Waals surface area (Å²) in [4.78, 5) is 13.6. The zero-order valence-corrected chi connectivity index (χ0v) is 7.84. The Bertz CT molecular complexity index is 497. The maximum absolute atomic E-state index is 11.8. The molecule has 0 aliphatic rings. The third kappa shape index (κ3) is 2.16. The smallest absolute Gasteiger partial charge is 0.368 e. The molecular formula is C10H6F3NO2. The highest BCUT2D eigenvalue weighted by Crippen LogP contribution is 2.20. The fraction of sp³-hybridized carbons (Fsp3) is 0.100. The lowest BCUT2D eigenvalue weighted by molar-refractivity contribution is -0.291. The Labute approximate surface area is 87.8 Å². The highest BCUT2D eigenvalue weighted by atomic mass is 19.4. The van der Waals surface area contributed by atoms with E-state index in [1.807, 2.05) is 0 Å². The third-order valence-corrected chi connectivity index (χ3v) is 1.96. The molecule has 2 rings (SSSR count). The average molecular weight is 229 g/mol. The number of hydrogen-bond donors (Lipinski definition) is 1. The zero-order chi connectivity index (χ0) is 11.8. The summed E-state index contributed by atoms with van der Waals surface area (Å²) in [5.74, 6) is -1.44. The standard InChI is InChI=1S/C10H6F3NO2/c11-10(12,13)16-9(15)8-5-6-3-1-2-4-7(6)14-8/h1-5,14H. The Hall–Kier alpha value is -1.98. The lowest BCUT2D eigenvalue weighted by atomic mass is 10.2. The molecule has 1 N–H and O–H groups in total. The van der Waals surface area contributed by atoms with E-state index in [-0.39, 0.29) is 5.69 Å². The number of carbonyl (C=O) groups is 1. The summed E-state index contributed by atoms with van der Waals surface area (Å²) >= 11 is 0. The number of aromatic amines is 1. The van der Waals surface area contributed by atoms with Gasteiger partial charge in [-0.15, -0.1) is 13.2 Å². The topological polar surface area (TPSA) is 42.1 Å². The van der Waals surface area contributed by atoms with Gasteiger partial charge in [-0.2, -0.15) is 0 Å². The van der Waals surface area contributed by atoms with Crippen LogP contribution < -0.4 is 0 Å². The molecule has 0 fully saturated rings. The van der Waals surface area contributed by atoms with Crippen LogP contribution in [0.25, 0.3) is 10.9 Å². The van der Waals surface area contributed by atoms with Crippen molar-refractivity contribution in [3.8, 4) is 0 Å². The number of H-pyrrole nitrogens is 1. The van der Waals surface area contributed by atoms with E-state index in [1.54, 1.807) is 24.3 Å². The van der Waals surface area contributed by atoms with E-state index in [4.69, 9.17) is 0 Å². The Morgan fingerprint density at radius 3 is 2.56 bits per heavy atom. The predicted molar refractivity (Wildman–Crippen MR) is 49.8 cm³/mol. The molecule has 0 aliphatic carbocycles. The first-order valence-corrected chi connectivity index (χ1v) is 4.33. The molecular weight excluding hydrogens is 223 g/mol. The largest absolute Gasteiger partial charge is 0.575 e. The summed E-state index contributed by atoms with van der Waals surface area (Å²) in [6, 6.07) is 8.06. The van der Waals surface area contributed by atoms with Gasteiger partial charge in [0.2, 0.25) is 0 Å². The number of nitrogens with one attached hydrogen (secondary N) is 1. The van der Waals surface area contributed by atoms with Crippen molar-refractivity contribution < 1.29 is 22.7 Å². The van der Waals surface area contributed by atoms with Crippen LogP contribution in [0, 0.1) is 0 Å². The number of fused-ring (bicyclic) bond motifs is 1. The summed E-state index contributed by atoms with van der Waals surface area (Å²) in [6.45, 7) is 0. The number of esters is 1. The number of ether oxygens (including phenoxy) is 1. The molecule has 1 aromatic heterocycles. The Morgan fingerprint density at radius 1 is 1.25 bits per heavy atom. The minimum atomic E-state index is -4.96. The van der Waals surface area contributed by atoms with Gasteiger partial charge >= 0.3 is 12.3 Å². The minimum absolute atomic E-state index is 0.224. The van der Waals surface area contributed by atoms with Crippen molar-refractivity contribution in [2.24, 2.45) is 0 Å². The molecule has 0 spiro atoms. The summed E-state index contributed by atoms with van der Waals surface area (Å²) in [7, 11) is 0. The SMILES string of the molecule is O=C(OC(F)(F)F)c1cc2ccccc2[nH]1. The van der Waals surface area contributed by atoms with Crippen molar-refractivity contribution in [2.75, 3.05) is 0 Å². The highest BCUT2D eigenvalue weighted by molar-refractivity contribution is 5.94. The molecule has 16 heavy (non-hydrogen) atoms. The van der Waals surface area contributed by atoms with Gasteiger partial charge in [0, 0.05) is 10.9 Å². The van der Waals surface area contributed by atoms with Gasteiger partial charge in [-0.25, -0.2) is 4.79 Å². The van der Waals surface area contributed by atoms with E-state index in [0.717, 1.165) is 0 Å². The summed E-state index contributed by atoms with van der Waals surface area (Å²) in [5, 5.41) is 0.650. The van der Waals surface area contributed by atoms with Gasteiger partial charge in [0.15, 0.2) is 0 Å². The summed E-state index contributed by atoms with van der Waals surface area (Å²) in [6.07, 6.45) is -4.96. The number of rotatable bonds is 1. The number of para-hydroxylation sites is 1. The summed E-state index contributed by atoms with van der Waals surface area (Å²) < 4.78 is 38.7. The maximum atomic E-state index is 11.8. The number of carbonyl (C=O) groups excluding carboxylic acids is 1. The van der Waals surface area contributed by atoms with Crippen LogP contribution in [0.15, 0.2) is 30.3 Å². The molecule has 0 radical (unpaired) electrons. The van der Waals surface area contributed by atoms with Crippen LogP contribution >= 0.6 is 0 Å². The van der Waals surface area contributed by atoms with E-state index in [2.05, 4.69) is 9.72 Å². The second-order valence-corrected chi connectivity index (χ2v) is 3.11. The fourth-order valence-corrected chi connectivity index (χ4v) is 1.34. The van der Waals surface area contributed by atoms with E-state index >= 15 is 0 Å². The Morgan fingerprint density at radius 2 is 1.94 bits per heavy atom. The zero-order valence-electron chi connectivity index (χ0n) is 7.84. The molecule has 0 atom stereocenters. The number of halogens is 3. The highest BCUT2D eigenvalue weighted by Gasteiger charge is 2.34. The number of alkyl halides is 3. The monoisotopic (exact) mass is 229 g/mol. The van der Waals surface area contributed by atoms with E-state index < -0.39 is 12.3 Å². The van der Waals surface area contributed by atoms with E-state index in [0.29, 0.717) is 10.9 Å². The predicted octanol–water partition coefficient (Wildman–Crippen LogP) is 2.84. The maximum Gasteiger partial charge on any atom is 0.575 e. The quantitative estimate of drug-likeness (QED) is 0.764. The Balaban J connectivity index is 2.30. The van der Waals surface area contributed by atoms with Crippen molar-refractivity contribution in [1.82, 2.24) is 4.98 Å². The molecule has 0 aliphatic heterocycles.